The molecule has 1 aromatic carbocycles. The van der Waals surface area contributed by atoms with Gasteiger partial charge in [0.1, 0.15) is 17.5 Å². The molecule has 32 heavy (non-hydrogen) atoms. The number of amides is 1. The Kier molecular flexibility index (Phi) is 6.69. The molecular formula is C23H30N2O6S. The van der Waals surface area contributed by atoms with Crippen LogP contribution < -0.4 is 10.3 Å². The van der Waals surface area contributed by atoms with E-state index in [2.05, 4.69) is 0 Å². The number of aromatic nitrogens is 1. The SMILES string of the molecule is C[C@@H]1C[C@H](Oc2ccn(-c3ccc(S(C)(=O)=O)cc3)c(=O)c2)CCN1C(=O)OC(C)(C)C. The van der Waals surface area contributed by atoms with Crippen LogP contribution in [0.1, 0.15) is 40.5 Å². The molecule has 9 heteroatoms. The molecule has 1 amide bonds. The molecule has 1 fully saturated rings. The highest BCUT2D eigenvalue weighted by molar-refractivity contribution is 7.90. The van der Waals surface area contributed by atoms with Crippen LogP contribution >= 0.6 is 0 Å². The van der Waals surface area contributed by atoms with Crippen LogP contribution in [0.5, 0.6) is 5.75 Å². The summed E-state index contributed by atoms with van der Waals surface area (Å²) in [4.78, 5) is 26.9. The van der Waals surface area contributed by atoms with E-state index >= 15 is 0 Å². The normalized spacial score (nSPS) is 19.5. The lowest BCUT2D eigenvalue weighted by Crippen LogP contribution is -2.49. The number of ether oxygens (including phenoxy) is 2. The van der Waals surface area contributed by atoms with Gasteiger partial charge in [-0.2, -0.15) is 0 Å². The minimum absolute atomic E-state index is 0.0441. The smallest absolute Gasteiger partial charge is 0.410 e. The predicted octanol–water partition coefficient (Wildman–Crippen LogP) is 3.41. The number of piperidine rings is 1. The Bertz CT molecular complexity index is 1130. The number of carbonyl (C=O) groups is 1. The van der Waals surface area contributed by atoms with Crippen LogP contribution in [0.4, 0.5) is 4.79 Å². The summed E-state index contributed by atoms with van der Waals surface area (Å²) in [6.07, 6.45) is 3.57. The molecule has 1 aromatic heterocycles. The fourth-order valence-corrected chi connectivity index (χ4v) is 4.25. The van der Waals surface area contributed by atoms with Crippen LogP contribution in [0.15, 0.2) is 52.3 Å². The van der Waals surface area contributed by atoms with Crippen molar-refractivity contribution in [2.24, 2.45) is 0 Å². The summed E-state index contributed by atoms with van der Waals surface area (Å²) in [6.45, 7) is 8.00. The molecule has 0 aliphatic carbocycles. The van der Waals surface area contributed by atoms with E-state index in [0.717, 1.165) is 6.26 Å². The summed E-state index contributed by atoms with van der Waals surface area (Å²) >= 11 is 0. The van der Waals surface area contributed by atoms with Gasteiger partial charge in [-0.1, -0.05) is 0 Å². The molecule has 0 spiro atoms. The van der Waals surface area contributed by atoms with E-state index in [4.69, 9.17) is 9.47 Å². The summed E-state index contributed by atoms with van der Waals surface area (Å²) < 4.78 is 36.1. The highest BCUT2D eigenvalue weighted by Crippen LogP contribution is 2.24. The van der Waals surface area contributed by atoms with Gasteiger partial charge in [0.05, 0.1) is 4.90 Å². The van der Waals surface area contributed by atoms with Crippen LogP contribution in [0.2, 0.25) is 0 Å². The lowest BCUT2D eigenvalue weighted by Gasteiger charge is -2.38. The van der Waals surface area contributed by atoms with E-state index in [1.807, 2.05) is 27.7 Å². The van der Waals surface area contributed by atoms with Crippen molar-refractivity contribution < 1.29 is 22.7 Å². The van der Waals surface area contributed by atoms with Gasteiger partial charge >= 0.3 is 6.09 Å². The molecule has 0 unspecified atom stereocenters. The topological polar surface area (TPSA) is 94.9 Å². The summed E-state index contributed by atoms with van der Waals surface area (Å²) in [5.74, 6) is 0.460. The van der Waals surface area contributed by atoms with Crippen molar-refractivity contribution >= 4 is 15.9 Å². The molecule has 2 aromatic rings. The van der Waals surface area contributed by atoms with Crippen molar-refractivity contribution in [2.75, 3.05) is 12.8 Å². The van der Waals surface area contributed by atoms with Gasteiger partial charge in [-0.05, 0) is 58.0 Å². The van der Waals surface area contributed by atoms with Crippen LogP contribution in [0.3, 0.4) is 0 Å². The molecule has 2 heterocycles. The number of carbonyl (C=O) groups excluding carboxylic acids is 1. The third-order valence-electron chi connectivity index (χ3n) is 5.19. The molecule has 0 bridgehead atoms. The number of likely N-dealkylation sites (tertiary alicyclic amines) is 1. The third-order valence-corrected chi connectivity index (χ3v) is 6.32. The Hall–Kier alpha value is -2.81. The second-order valence-corrected chi connectivity index (χ2v) is 11.1. The quantitative estimate of drug-likeness (QED) is 0.691. The highest BCUT2D eigenvalue weighted by Gasteiger charge is 2.32. The molecule has 0 radical (unpaired) electrons. The number of rotatable bonds is 4. The van der Waals surface area contributed by atoms with Crippen molar-refractivity contribution in [3.05, 3.63) is 52.9 Å². The summed E-state index contributed by atoms with van der Waals surface area (Å²) in [7, 11) is -3.30. The summed E-state index contributed by atoms with van der Waals surface area (Å²) in [5, 5.41) is 0. The minimum atomic E-state index is -3.30. The van der Waals surface area contributed by atoms with Gasteiger partial charge in [-0.15, -0.1) is 0 Å². The van der Waals surface area contributed by atoms with Gasteiger partial charge in [-0.25, -0.2) is 13.2 Å². The number of pyridine rings is 1. The lowest BCUT2D eigenvalue weighted by molar-refractivity contribution is -0.00105. The largest absolute Gasteiger partial charge is 0.490 e. The Morgan fingerprint density at radius 1 is 1.12 bits per heavy atom. The molecule has 1 saturated heterocycles. The minimum Gasteiger partial charge on any atom is -0.490 e. The van der Waals surface area contributed by atoms with Gasteiger partial charge in [-0.3, -0.25) is 9.36 Å². The van der Waals surface area contributed by atoms with Crippen molar-refractivity contribution in [3.63, 3.8) is 0 Å². The second kappa shape index (κ2) is 8.97. The van der Waals surface area contributed by atoms with E-state index in [-0.39, 0.29) is 28.7 Å². The standard InChI is InChI=1S/C23H30N2O6S/c1-16-14-18(10-12-24(16)22(27)31-23(2,3)4)30-19-11-13-25(21(26)15-19)17-6-8-20(9-7-17)32(5,28)29/h6-9,11,13,15-16,18H,10,12,14H2,1-5H3/t16-,18-/m1/s1. The Morgan fingerprint density at radius 2 is 1.78 bits per heavy atom. The highest BCUT2D eigenvalue weighted by atomic mass is 32.2. The number of hydrogen-bond acceptors (Lipinski definition) is 6. The van der Waals surface area contributed by atoms with Gasteiger partial charge in [0.25, 0.3) is 5.56 Å². The second-order valence-electron chi connectivity index (χ2n) is 9.12. The van der Waals surface area contributed by atoms with Crippen molar-refractivity contribution in [1.82, 2.24) is 9.47 Å². The van der Waals surface area contributed by atoms with E-state index in [0.29, 0.717) is 30.8 Å². The van der Waals surface area contributed by atoms with Gasteiger partial charge in [0.2, 0.25) is 0 Å². The van der Waals surface area contributed by atoms with Crippen molar-refractivity contribution in [1.29, 1.82) is 0 Å². The van der Waals surface area contributed by atoms with E-state index in [1.165, 1.54) is 22.8 Å². The first kappa shape index (κ1) is 23.8. The molecule has 1 aliphatic rings. The maximum absolute atomic E-state index is 12.6. The van der Waals surface area contributed by atoms with Crippen LogP contribution in [0, 0.1) is 0 Å². The van der Waals surface area contributed by atoms with Gasteiger partial charge in [0.15, 0.2) is 9.84 Å². The zero-order valence-electron chi connectivity index (χ0n) is 19.1. The van der Waals surface area contributed by atoms with Crippen LogP contribution in [0.25, 0.3) is 5.69 Å². The molecule has 3 rings (SSSR count). The molecule has 0 N–H and O–H groups in total. The summed E-state index contributed by atoms with van der Waals surface area (Å²) in [5.41, 5.74) is -0.263. The number of hydrogen-bond donors (Lipinski definition) is 0. The van der Waals surface area contributed by atoms with Gasteiger partial charge < -0.3 is 14.4 Å². The maximum atomic E-state index is 12.6. The average Bonchev–Trinajstić information content (AvgIpc) is 2.66. The molecule has 174 valence electrons. The number of sulfone groups is 1. The third kappa shape index (κ3) is 5.91. The average molecular weight is 463 g/mol. The van der Waals surface area contributed by atoms with E-state index in [9.17, 15) is 18.0 Å². The monoisotopic (exact) mass is 462 g/mol. The van der Waals surface area contributed by atoms with Crippen LogP contribution in [-0.2, 0) is 14.6 Å². The van der Waals surface area contributed by atoms with E-state index < -0.39 is 15.4 Å². The maximum Gasteiger partial charge on any atom is 0.410 e. The first-order valence-electron chi connectivity index (χ1n) is 10.5. The summed E-state index contributed by atoms with van der Waals surface area (Å²) in [6, 6.07) is 9.20. The molecule has 0 saturated carbocycles. The Morgan fingerprint density at radius 3 is 2.31 bits per heavy atom. The lowest BCUT2D eigenvalue weighted by atomic mass is 10.0. The zero-order chi connectivity index (χ0) is 23.7. The zero-order valence-corrected chi connectivity index (χ0v) is 19.9. The first-order chi connectivity index (χ1) is 14.8. The fraction of sp³-hybridized carbons (Fsp3) is 0.478. The Labute approximate surface area is 188 Å². The molecular weight excluding hydrogens is 432 g/mol. The Balaban J connectivity index is 1.65. The molecule has 1 aliphatic heterocycles. The van der Waals surface area contributed by atoms with Crippen molar-refractivity contribution in [3.8, 4) is 11.4 Å². The van der Waals surface area contributed by atoms with Gasteiger partial charge in [0, 0.05) is 49.6 Å². The predicted molar refractivity (Wildman–Crippen MR) is 121 cm³/mol. The molecule has 8 nitrogen and oxygen atoms in total. The molecule has 2 atom stereocenters. The fourth-order valence-electron chi connectivity index (χ4n) is 3.62. The van der Waals surface area contributed by atoms with Crippen molar-refractivity contribution in [2.45, 2.75) is 63.2 Å². The number of benzene rings is 1. The number of nitrogens with zero attached hydrogens (tertiary/aromatic N) is 2. The van der Waals surface area contributed by atoms with E-state index in [1.54, 1.807) is 29.3 Å². The first-order valence-corrected chi connectivity index (χ1v) is 12.4. The van der Waals surface area contributed by atoms with Crippen LogP contribution in [-0.4, -0.2) is 54.5 Å².